The number of ether oxygens (including phenoxy) is 1. The van der Waals surface area contributed by atoms with E-state index >= 15 is 0 Å². The van der Waals surface area contributed by atoms with Crippen LogP contribution in [0.5, 0.6) is 5.75 Å². The summed E-state index contributed by atoms with van der Waals surface area (Å²) in [6.45, 7) is 4.60. The summed E-state index contributed by atoms with van der Waals surface area (Å²) in [4.78, 5) is 12.2. The van der Waals surface area contributed by atoms with Crippen LogP contribution in [0.3, 0.4) is 0 Å². The van der Waals surface area contributed by atoms with E-state index in [2.05, 4.69) is 31.0 Å². The molecular weight excluding hydrogens is 478 g/mol. The average molecular weight is 502 g/mol. The van der Waals surface area contributed by atoms with Crippen molar-refractivity contribution < 1.29 is 9.53 Å². The molecule has 0 aliphatic carbocycles. The number of aryl methyl sites for hydroxylation is 1. The van der Waals surface area contributed by atoms with Gasteiger partial charge in [0.1, 0.15) is 12.4 Å². The van der Waals surface area contributed by atoms with Crippen LogP contribution in [0.1, 0.15) is 32.9 Å². The fraction of sp³-hybridized carbons (Fsp3) is 0.111. The number of carbonyl (C=O) groups is 1. The van der Waals surface area contributed by atoms with Gasteiger partial charge in [0.2, 0.25) is 0 Å². The molecule has 5 nitrogen and oxygen atoms in total. The number of nitrogens with one attached hydrogen (secondary N) is 1. The Balaban J connectivity index is 1.42. The molecule has 1 N–H and O–H groups in total. The first-order chi connectivity index (χ1) is 16.0. The molecule has 4 rings (SSSR count). The van der Waals surface area contributed by atoms with Gasteiger partial charge in [-0.3, -0.25) is 4.79 Å². The normalized spacial score (nSPS) is 11.0. The van der Waals surface area contributed by atoms with Gasteiger partial charge in [0.05, 0.1) is 6.21 Å². The molecule has 3 aromatic carbocycles. The zero-order valence-corrected chi connectivity index (χ0v) is 20.0. The molecule has 4 aromatic rings. The quantitative estimate of drug-likeness (QED) is 0.242. The van der Waals surface area contributed by atoms with Crippen LogP contribution in [0.15, 0.2) is 94.5 Å². The van der Waals surface area contributed by atoms with Crippen molar-refractivity contribution in [2.75, 3.05) is 0 Å². The van der Waals surface area contributed by atoms with Gasteiger partial charge < -0.3 is 9.30 Å². The lowest BCUT2D eigenvalue weighted by molar-refractivity contribution is 0.0955. The molecule has 6 heteroatoms. The van der Waals surface area contributed by atoms with Crippen molar-refractivity contribution in [3.63, 3.8) is 0 Å². The Kier molecular flexibility index (Phi) is 7.05. The Hall–Kier alpha value is -3.64. The van der Waals surface area contributed by atoms with Gasteiger partial charge in [0.15, 0.2) is 0 Å². The minimum Gasteiger partial charge on any atom is -0.489 e. The monoisotopic (exact) mass is 501 g/mol. The molecule has 0 atom stereocenters. The van der Waals surface area contributed by atoms with Gasteiger partial charge >= 0.3 is 0 Å². The number of hydrogen-bond acceptors (Lipinski definition) is 3. The summed E-state index contributed by atoms with van der Waals surface area (Å²) in [6.07, 6.45) is 1.68. The third kappa shape index (κ3) is 5.59. The Morgan fingerprint density at radius 2 is 1.70 bits per heavy atom. The zero-order valence-electron chi connectivity index (χ0n) is 18.5. The number of aromatic nitrogens is 1. The number of rotatable bonds is 7. The Morgan fingerprint density at radius 3 is 2.39 bits per heavy atom. The van der Waals surface area contributed by atoms with E-state index in [9.17, 15) is 4.79 Å². The van der Waals surface area contributed by atoms with Crippen LogP contribution in [-0.2, 0) is 6.61 Å². The number of benzene rings is 3. The summed E-state index contributed by atoms with van der Waals surface area (Å²) in [7, 11) is 0. The predicted molar refractivity (Wildman–Crippen MR) is 135 cm³/mol. The minimum atomic E-state index is -0.237. The number of amides is 1. The molecule has 0 aliphatic rings. The number of carbonyl (C=O) groups excluding carboxylic acids is 1. The van der Waals surface area contributed by atoms with Crippen molar-refractivity contribution in [3.05, 3.63) is 117 Å². The molecule has 166 valence electrons. The number of hydrazone groups is 1. The highest BCUT2D eigenvalue weighted by molar-refractivity contribution is 9.10. The van der Waals surface area contributed by atoms with Gasteiger partial charge in [-0.1, -0.05) is 46.3 Å². The Labute approximate surface area is 201 Å². The molecule has 0 fully saturated rings. The molecule has 1 heterocycles. The van der Waals surface area contributed by atoms with Crippen LogP contribution in [0, 0.1) is 13.8 Å². The fourth-order valence-electron chi connectivity index (χ4n) is 3.57. The lowest BCUT2D eigenvalue weighted by Crippen LogP contribution is -2.17. The van der Waals surface area contributed by atoms with Crippen molar-refractivity contribution in [2.24, 2.45) is 5.10 Å². The molecule has 0 spiro atoms. The molecule has 1 aromatic heterocycles. The zero-order chi connectivity index (χ0) is 23.2. The van der Waals surface area contributed by atoms with Gasteiger partial charge in [-0.25, -0.2) is 5.43 Å². The number of hydrogen-bond donors (Lipinski definition) is 1. The lowest BCUT2D eigenvalue weighted by Gasteiger charge is -2.11. The van der Waals surface area contributed by atoms with Crippen molar-refractivity contribution in [2.45, 2.75) is 20.5 Å². The summed E-state index contributed by atoms with van der Waals surface area (Å²) in [5, 5.41) is 4.14. The number of halogens is 1. The average Bonchev–Trinajstić information content (AvgIpc) is 3.12. The standard InChI is InChI=1S/C27H24BrN3O2/c1-19-16-23(17-29-30-27(32)22-6-4-3-5-7-22)20(2)31(19)25-12-14-26(15-13-25)33-18-21-8-10-24(28)11-9-21/h3-17H,18H2,1-2H3,(H,30,32)/b29-17+. The van der Waals surface area contributed by atoms with Crippen LogP contribution in [0.25, 0.3) is 5.69 Å². The van der Waals surface area contributed by atoms with E-state index in [1.54, 1.807) is 18.3 Å². The SMILES string of the molecule is Cc1cc(/C=N/NC(=O)c2ccccc2)c(C)n1-c1ccc(OCc2ccc(Br)cc2)cc1. The lowest BCUT2D eigenvalue weighted by atomic mass is 10.2. The van der Waals surface area contributed by atoms with Gasteiger partial charge in [0, 0.05) is 32.7 Å². The maximum Gasteiger partial charge on any atom is 0.271 e. The third-order valence-electron chi connectivity index (χ3n) is 5.29. The maximum atomic E-state index is 12.2. The van der Waals surface area contributed by atoms with E-state index in [1.165, 1.54) is 0 Å². The Morgan fingerprint density at radius 1 is 1.00 bits per heavy atom. The summed E-state index contributed by atoms with van der Waals surface area (Å²) in [5.74, 6) is 0.578. The minimum absolute atomic E-state index is 0.237. The van der Waals surface area contributed by atoms with Crippen LogP contribution in [0.2, 0.25) is 0 Å². The summed E-state index contributed by atoms with van der Waals surface area (Å²) in [6, 6.07) is 27.2. The highest BCUT2D eigenvalue weighted by Crippen LogP contribution is 2.23. The van der Waals surface area contributed by atoms with E-state index in [-0.39, 0.29) is 5.91 Å². The molecule has 0 aliphatic heterocycles. The molecule has 0 unspecified atom stereocenters. The van der Waals surface area contributed by atoms with Gasteiger partial charge in [-0.15, -0.1) is 0 Å². The van der Waals surface area contributed by atoms with E-state index in [1.807, 2.05) is 86.6 Å². The van der Waals surface area contributed by atoms with Gasteiger partial charge in [-0.2, -0.15) is 5.10 Å². The number of nitrogens with zero attached hydrogens (tertiary/aromatic N) is 2. The first kappa shape index (κ1) is 22.6. The van der Waals surface area contributed by atoms with Crippen LogP contribution in [-0.4, -0.2) is 16.7 Å². The maximum absolute atomic E-state index is 12.2. The second-order valence-electron chi connectivity index (χ2n) is 7.64. The summed E-state index contributed by atoms with van der Waals surface area (Å²) in [5.41, 5.74) is 8.36. The van der Waals surface area contributed by atoms with Crippen molar-refractivity contribution in [1.29, 1.82) is 0 Å². The molecule has 0 bridgehead atoms. The molecule has 0 saturated heterocycles. The van der Waals surface area contributed by atoms with E-state index in [4.69, 9.17) is 4.74 Å². The van der Waals surface area contributed by atoms with Crippen molar-refractivity contribution in [3.8, 4) is 11.4 Å². The van der Waals surface area contributed by atoms with Gasteiger partial charge in [0.25, 0.3) is 5.91 Å². The topological polar surface area (TPSA) is 55.6 Å². The van der Waals surface area contributed by atoms with Crippen molar-refractivity contribution in [1.82, 2.24) is 9.99 Å². The second kappa shape index (κ2) is 10.3. The third-order valence-corrected chi connectivity index (χ3v) is 5.82. The van der Waals surface area contributed by atoms with Crippen molar-refractivity contribution >= 4 is 28.1 Å². The van der Waals surface area contributed by atoms with Crippen LogP contribution in [0.4, 0.5) is 0 Å². The van der Waals surface area contributed by atoms with Gasteiger partial charge in [-0.05, 0) is 74.0 Å². The van der Waals surface area contributed by atoms with Crippen LogP contribution < -0.4 is 10.2 Å². The van der Waals surface area contributed by atoms with E-state index in [0.29, 0.717) is 12.2 Å². The largest absolute Gasteiger partial charge is 0.489 e. The highest BCUT2D eigenvalue weighted by atomic mass is 79.9. The second-order valence-corrected chi connectivity index (χ2v) is 8.55. The molecule has 0 radical (unpaired) electrons. The molecule has 1 amide bonds. The molecule has 0 saturated carbocycles. The highest BCUT2D eigenvalue weighted by Gasteiger charge is 2.10. The predicted octanol–water partition coefficient (Wildman–Crippen LogP) is 6.20. The fourth-order valence-corrected chi connectivity index (χ4v) is 3.83. The molecule has 33 heavy (non-hydrogen) atoms. The summed E-state index contributed by atoms with van der Waals surface area (Å²) >= 11 is 3.44. The first-order valence-electron chi connectivity index (χ1n) is 10.6. The van der Waals surface area contributed by atoms with Crippen LogP contribution >= 0.6 is 15.9 Å². The summed E-state index contributed by atoms with van der Waals surface area (Å²) < 4.78 is 9.12. The van der Waals surface area contributed by atoms with E-state index in [0.717, 1.165) is 38.4 Å². The smallest absolute Gasteiger partial charge is 0.271 e. The molecular formula is C27H24BrN3O2. The van der Waals surface area contributed by atoms with E-state index < -0.39 is 0 Å². The Bertz CT molecular complexity index is 1260. The first-order valence-corrected chi connectivity index (χ1v) is 11.4.